The maximum Gasteiger partial charge on any atom is 0.0890 e. The highest BCUT2D eigenvalue weighted by Crippen LogP contribution is 2.23. The van der Waals surface area contributed by atoms with Crippen LogP contribution in [0, 0.1) is 6.92 Å². The van der Waals surface area contributed by atoms with Gasteiger partial charge in [0.05, 0.1) is 29.0 Å². The SMILES string of the molecule is CNC(c1cnc2ccccc2n1)c1ccccc1C. The fourth-order valence-corrected chi connectivity index (χ4v) is 2.48. The molecule has 1 unspecified atom stereocenters. The van der Waals surface area contributed by atoms with Crippen LogP contribution >= 0.6 is 0 Å². The first-order chi connectivity index (χ1) is 9.79. The molecular weight excluding hydrogens is 246 g/mol. The Bertz CT molecular complexity index is 737. The number of benzene rings is 2. The van der Waals surface area contributed by atoms with Crippen LogP contribution in [0.1, 0.15) is 22.9 Å². The van der Waals surface area contributed by atoms with Crippen LogP contribution in [0.2, 0.25) is 0 Å². The van der Waals surface area contributed by atoms with E-state index in [9.17, 15) is 0 Å². The molecule has 100 valence electrons. The number of nitrogens with one attached hydrogen (secondary N) is 1. The van der Waals surface area contributed by atoms with Crippen molar-refractivity contribution in [1.29, 1.82) is 0 Å². The summed E-state index contributed by atoms with van der Waals surface area (Å²) in [4.78, 5) is 9.24. The van der Waals surface area contributed by atoms with E-state index in [1.54, 1.807) is 0 Å². The number of hydrogen-bond donors (Lipinski definition) is 1. The average molecular weight is 263 g/mol. The molecule has 0 spiro atoms. The van der Waals surface area contributed by atoms with E-state index < -0.39 is 0 Å². The third-order valence-electron chi connectivity index (χ3n) is 3.55. The predicted octanol–water partition coefficient (Wildman–Crippen LogP) is 3.25. The van der Waals surface area contributed by atoms with E-state index in [4.69, 9.17) is 4.98 Å². The highest BCUT2D eigenvalue weighted by Gasteiger charge is 2.16. The second-order valence-electron chi connectivity index (χ2n) is 4.86. The lowest BCUT2D eigenvalue weighted by molar-refractivity contribution is 0.667. The van der Waals surface area contributed by atoms with E-state index in [2.05, 4.69) is 41.5 Å². The van der Waals surface area contributed by atoms with Crippen molar-refractivity contribution in [2.75, 3.05) is 7.05 Å². The molecule has 0 aliphatic carbocycles. The molecule has 0 amide bonds. The van der Waals surface area contributed by atoms with Crippen LogP contribution in [0.4, 0.5) is 0 Å². The van der Waals surface area contributed by atoms with Gasteiger partial charge < -0.3 is 5.32 Å². The number of aromatic nitrogens is 2. The normalized spacial score (nSPS) is 12.5. The number of fused-ring (bicyclic) bond motifs is 1. The van der Waals surface area contributed by atoms with Crippen molar-refractivity contribution in [3.05, 3.63) is 71.5 Å². The van der Waals surface area contributed by atoms with Crippen molar-refractivity contribution < 1.29 is 0 Å². The fourth-order valence-electron chi connectivity index (χ4n) is 2.48. The minimum Gasteiger partial charge on any atom is -0.308 e. The molecule has 3 aromatic rings. The van der Waals surface area contributed by atoms with Crippen LogP contribution in [0.15, 0.2) is 54.7 Å². The van der Waals surface area contributed by atoms with Crippen LogP contribution in [0.25, 0.3) is 11.0 Å². The Labute approximate surface area is 118 Å². The van der Waals surface area contributed by atoms with Gasteiger partial charge in [-0.05, 0) is 37.2 Å². The minimum absolute atomic E-state index is 0.0632. The molecule has 1 aromatic heterocycles. The summed E-state index contributed by atoms with van der Waals surface area (Å²) in [6.07, 6.45) is 1.86. The van der Waals surface area contributed by atoms with Crippen molar-refractivity contribution in [2.45, 2.75) is 13.0 Å². The van der Waals surface area contributed by atoms with Crippen molar-refractivity contribution >= 4 is 11.0 Å². The van der Waals surface area contributed by atoms with Gasteiger partial charge in [-0.3, -0.25) is 4.98 Å². The molecule has 2 aromatic carbocycles. The van der Waals surface area contributed by atoms with Gasteiger partial charge in [-0.25, -0.2) is 4.98 Å². The number of aryl methyl sites for hydroxylation is 1. The molecule has 1 atom stereocenters. The molecule has 0 fully saturated rings. The molecule has 0 aliphatic rings. The molecular formula is C17H17N3. The first-order valence-corrected chi connectivity index (χ1v) is 6.74. The molecule has 0 aliphatic heterocycles. The molecule has 3 rings (SSSR count). The summed E-state index contributed by atoms with van der Waals surface area (Å²) in [5.74, 6) is 0. The Morgan fingerprint density at radius 2 is 1.65 bits per heavy atom. The second-order valence-corrected chi connectivity index (χ2v) is 4.86. The quantitative estimate of drug-likeness (QED) is 0.788. The van der Waals surface area contributed by atoms with E-state index in [-0.39, 0.29) is 6.04 Å². The summed E-state index contributed by atoms with van der Waals surface area (Å²) in [6, 6.07) is 16.4. The van der Waals surface area contributed by atoms with Gasteiger partial charge >= 0.3 is 0 Å². The van der Waals surface area contributed by atoms with Crippen LogP contribution < -0.4 is 5.32 Å². The van der Waals surface area contributed by atoms with E-state index >= 15 is 0 Å². The summed E-state index contributed by atoms with van der Waals surface area (Å²) in [5, 5.41) is 3.34. The highest BCUT2D eigenvalue weighted by molar-refractivity contribution is 5.73. The lowest BCUT2D eigenvalue weighted by Gasteiger charge is -2.18. The third kappa shape index (κ3) is 2.28. The highest BCUT2D eigenvalue weighted by atomic mass is 14.9. The fraction of sp³-hybridized carbons (Fsp3) is 0.176. The van der Waals surface area contributed by atoms with Gasteiger partial charge in [0.15, 0.2) is 0 Å². The molecule has 1 N–H and O–H groups in total. The van der Waals surface area contributed by atoms with Crippen LogP contribution in [-0.2, 0) is 0 Å². The second kappa shape index (κ2) is 5.39. The van der Waals surface area contributed by atoms with E-state index in [1.165, 1.54) is 11.1 Å². The molecule has 1 heterocycles. The van der Waals surface area contributed by atoms with Crippen molar-refractivity contribution in [3.63, 3.8) is 0 Å². The Kier molecular flexibility index (Phi) is 3.44. The lowest BCUT2D eigenvalue weighted by Crippen LogP contribution is -2.20. The number of hydrogen-bond acceptors (Lipinski definition) is 3. The molecule has 0 bridgehead atoms. The third-order valence-corrected chi connectivity index (χ3v) is 3.55. The van der Waals surface area contributed by atoms with Gasteiger partial charge in [-0.1, -0.05) is 36.4 Å². The molecule has 20 heavy (non-hydrogen) atoms. The van der Waals surface area contributed by atoms with Crippen molar-refractivity contribution in [2.24, 2.45) is 0 Å². The van der Waals surface area contributed by atoms with Gasteiger partial charge in [-0.15, -0.1) is 0 Å². The Balaban J connectivity index is 2.10. The predicted molar refractivity (Wildman–Crippen MR) is 81.6 cm³/mol. The van der Waals surface area contributed by atoms with E-state index in [1.807, 2.05) is 37.5 Å². The number of rotatable bonds is 3. The molecule has 0 saturated carbocycles. The summed E-state index contributed by atoms with van der Waals surface area (Å²) in [7, 11) is 1.95. The topological polar surface area (TPSA) is 37.8 Å². The molecule has 3 heteroatoms. The first-order valence-electron chi connectivity index (χ1n) is 6.74. The largest absolute Gasteiger partial charge is 0.308 e. The standard InChI is InChI=1S/C17H17N3/c1-12-7-3-4-8-13(12)17(18-2)16-11-19-14-9-5-6-10-15(14)20-16/h3-11,17-18H,1-2H3. The van der Waals surface area contributed by atoms with Crippen LogP contribution in [0.5, 0.6) is 0 Å². The van der Waals surface area contributed by atoms with Crippen molar-refractivity contribution in [1.82, 2.24) is 15.3 Å². The summed E-state index contributed by atoms with van der Waals surface area (Å²) < 4.78 is 0. The van der Waals surface area contributed by atoms with E-state index in [0.717, 1.165) is 16.7 Å². The summed E-state index contributed by atoms with van der Waals surface area (Å²) in [5.41, 5.74) is 5.29. The summed E-state index contributed by atoms with van der Waals surface area (Å²) >= 11 is 0. The molecule has 0 saturated heterocycles. The van der Waals surface area contributed by atoms with Gasteiger partial charge in [0, 0.05) is 0 Å². The van der Waals surface area contributed by atoms with Crippen molar-refractivity contribution in [3.8, 4) is 0 Å². The lowest BCUT2D eigenvalue weighted by atomic mass is 9.99. The minimum atomic E-state index is 0.0632. The monoisotopic (exact) mass is 263 g/mol. The number of nitrogens with zero attached hydrogens (tertiary/aromatic N) is 2. The Morgan fingerprint density at radius 3 is 2.40 bits per heavy atom. The molecule has 0 radical (unpaired) electrons. The van der Waals surface area contributed by atoms with Gasteiger partial charge in [0.2, 0.25) is 0 Å². The zero-order chi connectivity index (χ0) is 13.9. The van der Waals surface area contributed by atoms with Gasteiger partial charge in [0.25, 0.3) is 0 Å². The Hall–Kier alpha value is -2.26. The van der Waals surface area contributed by atoms with Crippen LogP contribution in [-0.4, -0.2) is 17.0 Å². The summed E-state index contributed by atoms with van der Waals surface area (Å²) in [6.45, 7) is 2.12. The van der Waals surface area contributed by atoms with Gasteiger partial charge in [-0.2, -0.15) is 0 Å². The maximum atomic E-state index is 4.74. The maximum absolute atomic E-state index is 4.74. The molecule has 3 nitrogen and oxygen atoms in total. The average Bonchev–Trinajstić information content (AvgIpc) is 2.50. The number of para-hydroxylation sites is 2. The smallest absolute Gasteiger partial charge is 0.0890 e. The van der Waals surface area contributed by atoms with E-state index in [0.29, 0.717) is 0 Å². The first kappa shape index (κ1) is 12.8. The van der Waals surface area contributed by atoms with Crippen LogP contribution in [0.3, 0.4) is 0 Å². The zero-order valence-corrected chi connectivity index (χ0v) is 11.7. The van der Waals surface area contributed by atoms with Gasteiger partial charge in [0.1, 0.15) is 0 Å². The Morgan fingerprint density at radius 1 is 0.950 bits per heavy atom. The zero-order valence-electron chi connectivity index (χ0n) is 11.7.